The summed E-state index contributed by atoms with van der Waals surface area (Å²) < 4.78 is 0. The molecule has 0 aromatic rings. The maximum absolute atomic E-state index is 10.9. The molecule has 0 unspecified atom stereocenters. The molecule has 2 aliphatic rings. The minimum atomic E-state index is 0.0754. The third-order valence-electron chi connectivity index (χ3n) is 2.73. The van der Waals surface area contributed by atoms with Crippen LogP contribution in [0.4, 0.5) is 0 Å². The van der Waals surface area contributed by atoms with Gasteiger partial charge in [-0.15, -0.1) is 0 Å². The molecule has 1 saturated heterocycles. The van der Waals surface area contributed by atoms with Crippen LogP contribution < -0.4 is 5.32 Å². The summed E-state index contributed by atoms with van der Waals surface area (Å²) in [6.45, 7) is 0. The third kappa shape index (κ3) is 0.900. The van der Waals surface area contributed by atoms with Crippen molar-refractivity contribution in [3.63, 3.8) is 0 Å². The summed E-state index contributed by atoms with van der Waals surface area (Å²) >= 11 is 0. The van der Waals surface area contributed by atoms with E-state index in [0.29, 0.717) is 12.3 Å². The second-order valence-electron chi connectivity index (χ2n) is 3.37. The third-order valence-corrected chi connectivity index (χ3v) is 2.73. The number of carbonyl (C=O) groups excluding carboxylic acids is 1. The van der Waals surface area contributed by atoms with Gasteiger partial charge >= 0.3 is 0 Å². The number of rotatable bonds is 0. The molecule has 1 aliphatic carbocycles. The molecule has 2 fully saturated rings. The van der Waals surface area contributed by atoms with Crippen LogP contribution in [0.2, 0.25) is 0 Å². The van der Waals surface area contributed by atoms with Crippen LogP contribution in [-0.2, 0) is 4.79 Å². The maximum Gasteiger partial charge on any atom is 0.220 e. The zero-order valence-electron chi connectivity index (χ0n) is 6.21. The van der Waals surface area contributed by atoms with Gasteiger partial charge in [0.05, 0.1) is 12.0 Å². The van der Waals surface area contributed by atoms with Gasteiger partial charge in [-0.1, -0.05) is 0 Å². The van der Waals surface area contributed by atoms with Gasteiger partial charge in [-0.05, 0) is 18.8 Å². The van der Waals surface area contributed by atoms with E-state index in [9.17, 15) is 4.79 Å². The minimum absolute atomic E-state index is 0.0754. The average molecular weight is 150 g/mol. The molecule has 0 aromatic heterocycles. The van der Waals surface area contributed by atoms with Crippen molar-refractivity contribution in [3.8, 4) is 6.07 Å². The largest absolute Gasteiger partial charge is 0.352 e. The Kier molecular flexibility index (Phi) is 1.35. The molecular formula is C8H10N2O. The summed E-state index contributed by atoms with van der Waals surface area (Å²) in [7, 11) is 0. The highest BCUT2D eigenvalue weighted by molar-refractivity contribution is 5.79. The van der Waals surface area contributed by atoms with Crippen molar-refractivity contribution in [2.24, 2.45) is 11.8 Å². The van der Waals surface area contributed by atoms with Crippen molar-refractivity contribution in [3.05, 3.63) is 0 Å². The Labute approximate surface area is 65.4 Å². The van der Waals surface area contributed by atoms with Gasteiger partial charge < -0.3 is 5.32 Å². The Morgan fingerprint density at radius 3 is 3.09 bits per heavy atom. The van der Waals surface area contributed by atoms with Crippen molar-refractivity contribution in [1.29, 1.82) is 5.26 Å². The lowest BCUT2D eigenvalue weighted by atomic mass is 10.0. The van der Waals surface area contributed by atoms with Crippen LogP contribution in [0.1, 0.15) is 19.3 Å². The quantitative estimate of drug-likeness (QED) is 0.544. The number of hydrogen-bond donors (Lipinski definition) is 1. The number of hydrogen-bond acceptors (Lipinski definition) is 2. The Morgan fingerprint density at radius 2 is 2.36 bits per heavy atom. The molecule has 0 spiro atoms. The van der Waals surface area contributed by atoms with Gasteiger partial charge in [0, 0.05) is 12.5 Å². The molecule has 1 aliphatic heterocycles. The summed E-state index contributed by atoms with van der Waals surface area (Å²) in [5.74, 6) is 0.651. The van der Waals surface area contributed by atoms with Gasteiger partial charge in [-0.3, -0.25) is 4.79 Å². The fourth-order valence-electron chi connectivity index (χ4n) is 2.16. The molecule has 0 aromatic carbocycles. The van der Waals surface area contributed by atoms with Crippen molar-refractivity contribution < 1.29 is 4.79 Å². The van der Waals surface area contributed by atoms with Crippen molar-refractivity contribution in [1.82, 2.24) is 5.32 Å². The van der Waals surface area contributed by atoms with E-state index in [4.69, 9.17) is 5.26 Å². The van der Waals surface area contributed by atoms with Gasteiger partial charge in [-0.25, -0.2) is 0 Å². The molecule has 3 nitrogen and oxygen atoms in total. The van der Waals surface area contributed by atoms with E-state index in [2.05, 4.69) is 11.4 Å². The Hall–Kier alpha value is -1.04. The first-order valence-corrected chi connectivity index (χ1v) is 4.00. The monoisotopic (exact) mass is 150 g/mol. The molecular weight excluding hydrogens is 140 g/mol. The second kappa shape index (κ2) is 2.23. The average Bonchev–Trinajstić information content (AvgIpc) is 2.45. The lowest BCUT2D eigenvalue weighted by Gasteiger charge is -2.10. The van der Waals surface area contributed by atoms with Crippen LogP contribution in [0.5, 0.6) is 0 Å². The zero-order valence-corrected chi connectivity index (χ0v) is 6.21. The van der Waals surface area contributed by atoms with Gasteiger partial charge in [0.1, 0.15) is 0 Å². The molecule has 3 atom stereocenters. The first-order chi connectivity index (χ1) is 5.31. The van der Waals surface area contributed by atoms with Gasteiger partial charge in [0.25, 0.3) is 0 Å². The minimum Gasteiger partial charge on any atom is -0.352 e. The van der Waals surface area contributed by atoms with E-state index in [0.717, 1.165) is 12.8 Å². The van der Waals surface area contributed by atoms with Gasteiger partial charge in [-0.2, -0.15) is 5.26 Å². The number of carbonyl (C=O) groups is 1. The summed E-state index contributed by atoms with van der Waals surface area (Å²) in [6.07, 6.45) is 2.65. The fraction of sp³-hybridized carbons (Fsp3) is 0.750. The smallest absolute Gasteiger partial charge is 0.220 e. The SMILES string of the molecule is N#C[C@@H]1CC[C@H]2CC(=O)N[C@H]21. The predicted molar refractivity (Wildman–Crippen MR) is 38.4 cm³/mol. The van der Waals surface area contributed by atoms with Crippen molar-refractivity contribution in [2.45, 2.75) is 25.3 Å². The topological polar surface area (TPSA) is 52.9 Å². The molecule has 0 radical (unpaired) electrons. The lowest BCUT2D eigenvalue weighted by Crippen LogP contribution is -2.31. The second-order valence-corrected chi connectivity index (χ2v) is 3.37. The predicted octanol–water partition coefficient (Wildman–Crippen LogP) is 0.425. The van der Waals surface area contributed by atoms with E-state index in [-0.39, 0.29) is 17.9 Å². The van der Waals surface area contributed by atoms with Crippen LogP contribution in [-0.4, -0.2) is 11.9 Å². The van der Waals surface area contributed by atoms with Crippen LogP contribution in [0.15, 0.2) is 0 Å². The van der Waals surface area contributed by atoms with Gasteiger partial charge in [0.15, 0.2) is 0 Å². The molecule has 58 valence electrons. The molecule has 1 saturated carbocycles. The van der Waals surface area contributed by atoms with E-state index < -0.39 is 0 Å². The normalized spacial score (nSPS) is 41.4. The van der Waals surface area contributed by atoms with E-state index >= 15 is 0 Å². The zero-order chi connectivity index (χ0) is 7.84. The first-order valence-electron chi connectivity index (χ1n) is 4.00. The maximum atomic E-state index is 10.9. The van der Waals surface area contributed by atoms with Crippen LogP contribution in [0.3, 0.4) is 0 Å². The first kappa shape index (κ1) is 6.66. The number of nitrogens with one attached hydrogen (secondary N) is 1. The molecule has 2 rings (SSSR count). The summed E-state index contributed by atoms with van der Waals surface area (Å²) in [5.41, 5.74) is 0. The highest BCUT2D eigenvalue weighted by atomic mass is 16.2. The Balaban J connectivity index is 2.14. The summed E-state index contributed by atoms with van der Waals surface area (Å²) in [6, 6.07) is 2.41. The highest BCUT2D eigenvalue weighted by Gasteiger charge is 2.42. The number of fused-ring (bicyclic) bond motifs is 1. The van der Waals surface area contributed by atoms with E-state index in [1.807, 2.05) is 0 Å². The lowest BCUT2D eigenvalue weighted by molar-refractivity contribution is -0.119. The number of amides is 1. The molecule has 11 heavy (non-hydrogen) atoms. The molecule has 3 heteroatoms. The van der Waals surface area contributed by atoms with E-state index in [1.54, 1.807) is 0 Å². The standard InChI is InChI=1S/C8H10N2O/c9-4-6-2-1-5-3-7(11)10-8(5)6/h5-6,8H,1-3H2,(H,10,11)/t5-,6-,8+/m0/s1. The fourth-order valence-corrected chi connectivity index (χ4v) is 2.16. The van der Waals surface area contributed by atoms with Crippen LogP contribution >= 0.6 is 0 Å². The number of nitrogens with zero attached hydrogens (tertiary/aromatic N) is 1. The van der Waals surface area contributed by atoms with Crippen LogP contribution in [0, 0.1) is 23.2 Å². The molecule has 1 amide bonds. The highest BCUT2D eigenvalue weighted by Crippen LogP contribution is 2.36. The molecule has 0 bridgehead atoms. The van der Waals surface area contributed by atoms with Gasteiger partial charge in [0.2, 0.25) is 5.91 Å². The Bertz CT molecular complexity index is 231. The Morgan fingerprint density at radius 1 is 1.55 bits per heavy atom. The summed E-state index contributed by atoms with van der Waals surface area (Å²) in [4.78, 5) is 10.9. The van der Waals surface area contributed by atoms with Crippen molar-refractivity contribution >= 4 is 5.91 Å². The molecule has 1 N–H and O–H groups in total. The van der Waals surface area contributed by atoms with Crippen LogP contribution in [0.25, 0.3) is 0 Å². The van der Waals surface area contributed by atoms with Crippen molar-refractivity contribution in [2.75, 3.05) is 0 Å². The number of nitriles is 1. The van der Waals surface area contributed by atoms with E-state index in [1.165, 1.54) is 0 Å². The summed E-state index contributed by atoms with van der Waals surface area (Å²) in [5, 5.41) is 11.6. The molecule has 1 heterocycles.